The average molecular weight is 323 g/mol. The standard InChI is InChI=1S/C21H25NO2/c1-16-5-2-6-17(13-16)15-22-10-3-7-19(22)18-8-9-20-21(14-18)24-12-4-11-23-20/h2,5-6,8-9,13-14,19H,3-4,7,10-12,15H2,1H3. The maximum atomic E-state index is 5.87. The van der Waals surface area contributed by atoms with E-state index in [0.717, 1.165) is 44.2 Å². The maximum absolute atomic E-state index is 5.87. The van der Waals surface area contributed by atoms with Gasteiger partial charge in [0.2, 0.25) is 0 Å². The van der Waals surface area contributed by atoms with E-state index in [-0.39, 0.29) is 0 Å². The molecule has 0 bridgehead atoms. The molecule has 4 rings (SSSR count). The Kier molecular flexibility index (Phi) is 4.44. The molecule has 0 radical (unpaired) electrons. The van der Waals surface area contributed by atoms with Crippen molar-refractivity contribution >= 4 is 0 Å². The molecule has 2 aromatic carbocycles. The van der Waals surface area contributed by atoms with E-state index in [2.05, 4.69) is 54.3 Å². The highest BCUT2D eigenvalue weighted by molar-refractivity contribution is 5.44. The predicted molar refractivity (Wildman–Crippen MR) is 95.6 cm³/mol. The second-order valence-electron chi connectivity index (χ2n) is 6.87. The summed E-state index contributed by atoms with van der Waals surface area (Å²) in [5.41, 5.74) is 4.08. The molecule has 2 aliphatic rings. The van der Waals surface area contributed by atoms with Gasteiger partial charge in [-0.3, -0.25) is 4.90 Å². The number of hydrogen-bond donors (Lipinski definition) is 0. The normalized spacial score (nSPS) is 20.8. The number of nitrogens with zero attached hydrogens (tertiary/aromatic N) is 1. The summed E-state index contributed by atoms with van der Waals surface area (Å²) in [7, 11) is 0. The minimum Gasteiger partial charge on any atom is -0.490 e. The minimum atomic E-state index is 0.475. The topological polar surface area (TPSA) is 21.7 Å². The van der Waals surface area contributed by atoms with Gasteiger partial charge in [-0.05, 0) is 49.6 Å². The molecule has 1 atom stereocenters. The lowest BCUT2D eigenvalue weighted by molar-refractivity contribution is 0.247. The third-order valence-corrected chi connectivity index (χ3v) is 4.99. The predicted octanol–water partition coefficient (Wildman–Crippen LogP) is 4.49. The number of likely N-dealkylation sites (tertiary alicyclic amines) is 1. The molecular weight excluding hydrogens is 298 g/mol. The summed E-state index contributed by atoms with van der Waals surface area (Å²) in [6.07, 6.45) is 3.42. The van der Waals surface area contributed by atoms with Crippen molar-refractivity contribution in [3.8, 4) is 11.5 Å². The molecule has 3 nitrogen and oxygen atoms in total. The molecular formula is C21H25NO2. The van der Waals surface area contributed by atoms with Crippen molar-refractivity contribution in [2.75, 3.05) is 19.8 Å². The first-order valence-electron chi connectivity index (χ1n) is 8.99. The SMILES string of the molecule is Cc1cccc(CN2CCCC2c2ccc3c(c2)OCCCO3)c1. The van der Waals surface area contributed by atoms with Crippen LogP contribution in [-0.2, 0) is 6.54 Å². The first-order chi connectivity index (χ1) is 11.8. The van der Waals surface area contributed by atoms with Crippen LogP contribution in [0.5, 0.6) is 11.5 Å². The smallest absolute Gasteiger partial charge is 0.161 e. The zero-order chi connectivity index (χ0) is 16.4. The van der Waals surface area contributed by atoms with Crippen LogP contribution in [0.25, 0.3) is 0 Å². The molecule has 1 fully saturated rings. The second kappa shape index (κ2) is 6.86. The first kappa shape index (κ1) is 15.5. The molecule has 2 aromatic rings. The highest BCUT2D eigenvalue weighted by Crippen LogP contribution is 2.38. The van der Waals surface area contributed by atoms with Gasteiger partial charge in [0.15, 0.2) is 11.5 Å². The molecule has 0 N–H and O–H groups in total. The Morgan fingerprint density at radius 2 is 1.88 bits per heavy atom. The molecule has 1 saturated heterocycles. The summed E-state index contributed by atoms with van der Waals surface area (Å²) in [6.45, 7) is 5.83. The molecule has 24 heavy (non-hydrogen) atoms. The number of rotatable bonds is 3. The Bertz CT molecular complexity index is 713. The zero-order valence-electron chi connectivity index (χ0n) is 14.3. The van der Waals surface area contributed by atoms with Gasteiger partial charge in [0, 0.05) is 19.0 Å². The third kappa shape index (κ3) is 3.27. The monoisotopic (exact) mass is 323 g/mol. The first-order valence-corrected chi connectivity index (χ1v) is 8.99. The van der Waals surface area contributed by atoms with E-state index < -0.39 is 0 Å². The number of aryl methyl sites for hydroxylation is 1. The molecule has 0 aliphatic carbocycles. The Morgan fingerprint density at radius 1 is 1.00 bits per heavy atom. The van der Waals surface area contributed by atoms with E-state index in [1.54, 1.807) is 0 Å². The van der Waals surface area contributed by atoms with Crippen LogP contribution in [0.1, 0.15) is 42.0 Å². The summed E-state index contributed by atoms with van der Waals surface area (Å²) in [5.74, 6) is 1.80. The lowest BCUT2D eigenvalue weighted by Crippen LogP contribution is -2.22. The van der Waals surface area contributed by atoms with Gasteiger partial charge in [-0.1, -0.05) is 35.9 Å². The summed E-state index contributed by atoms with van der Waals surface area (Å²) < 4.78 is 11.6. The van der Waals surface area contributed by atoms with Crippen LogP contribution in [0.2, 0.25) is 0 Å². The highest BCUT2D eigenvalue weighted by Gasteiger charge is 2.27. The van der Waals surface area contributed by atoms with E-state index in [1.807, 2.05) is 0 Å². The van der Waals surface area contributed by atoms with Gasteiger partial charge >= 0.3 is 0 Å². The van der Waals surface area contributed by atoms with Gasteiger partial charge in [-0.15, -0.1) is 0 Å². The van der Waals surface area contributed by atoms with Crippen molar-refractivity contribution < 1.29 is 9.47 Å². The van der Waals surface area contributed by atoms with E-state index in [1.165, 1.54) is 29.5 Å². The van der Waals surface area contributed by atoms with Gasteiger partial charge in [0.25, 0.3) is 0 Å². The Balaban J connectivity index is 1.55. The molecule has 0 spiro atoms. The molecule has 0 saturated carbocycles. The largest absolute Gasteiger partial charge is 0.490 e. The third-order valence-electron chi connectivity index (χ3n) is 4.99. The van der Waals surface area contributed by atoms with Gasteiger partial charge in [0.05, 0.1) is 13.2 Å². The second-order valence-corrected chi connectivity index (χ2v) is 6.87. The van der Waals surface area contributed by atoms with Crippen molar-refractivity contribution in [2.24, 2.45) is 0 Å². The van der Waals surface area contributed by atoms with Gasteiger partial charge < -0.3 is 9.47 Å². The van der Waals surface area contributed by atoms with Crippen molar-refractivity contribution in [1.82, 2.24) is 4.90 Å². The van der Waals surface area contributed by atoms with Crippen molar-refractivity contribution in [3.63, 3.8) is 0 Å². The fraction of sp³-hybridized carbons (Fsp3) is 0.429. The molecule has 126 valence electrons. The molecule has 2 aliphatic heterocycles. The average Bonchev–Trinajstić information content (AvgIpc) is 2.90. The number of ether oxygens (including phenoxy) is 2. The van der Waals surface area contributed by atoms with E-state index in [0.29, 0.717) is 6.04 Å². The van der Waals surface area contributed by atoms with Gasteiger partial charge in [0.1, 0.15) is 0 Å². The van der Waals surface area contributed by atoms with Crippen LogP contribution >= 0.6 is 0 Å². The quantitative estimate of drug-likeness (QED) is 0.830. The van der Waals surface area contributed by atoms with Crippen LogP contribution in [-0.4, -0.2) is 24.7 Å². The van der Waals surface area contributed by atoms with Crippen LogP contribution in [0.15, 0.2) is 42.5 Å². The number of benzene rings is 2. The molecule has 2 heterocycles. The molecule has 1 unspecified atom stereocenters. The van der Waals surface area contributed by atoms with Crippen LogP contribution in [0.3, 0.4) is 0 Å². The minimum absolute atomic E-state index is 0.475. The van der Waals surface area contributed by atoms with E-state index in [9.17, 15) is 0 Å². The summed E-state index contributed by atoms with van der Waals surface area (Å²) >= 11 is 0. The van der Waals surface area contributed by atoms with Crippen LogP contribution < -0.4 is 9.47 Å². The van der Waals surface area contributed by atoms with Gasteiger partial charge in [-0.25, -0.2) is 0 Å². The summed E-state index contributed by atoms with van der Waals surface area (Å²) in [5, 5.41) is 0. The zero-order valence-corrected chi connectivity index (χ0v) is 14.3. The molecule has 0 aromatic heterocycles. The summed E-state index contributed by atoms with van der Waals surface area (Å²) in [4.78, 5) is 2.59. The lowest BCUT2D eigenvalue weighted by Gasteiger charge is -2.25. The molecule has 3 heteroatoms. The van der Waals surface area contributed by atoms with E-state index in [4.69, 9.17) is 9.47 Å². The number of hydrogen-bond acceptors (Lipinski definition) is 3. The fourth-order valence-corrected chi connectivity index (χ4v) is 3.83. The van der Waals surface area contributed by atoms with E-state index >= 15 is 0 Å². The van der Waals surface area contributed by atoms with Crippen molar-refractivity contribution in [3.05, 3.63) is 59.2 Å². The Labute approximate surface area is 144 Å². The van der Waals surface area contributed by atoms with Crippen LogP contribution in [0, 0.1) is 6.92 Å². The van der Waals surface area contributed by atoms with Crippen molar-refractivity contribution in [1.29, 1.82) is 0 Å². The maximum Gasteiger partial charge on any atom is 0.161 e. The Hall–Kier alpha value is -2.00. The summed E-state index contributed by atoms with van der Waals surface area (Å²) in [6, 6.07) is 15.8. The number of fused-ring (bicyclic) bond motifs is 1. The van der Waals surface area contributed by atoms with Crippen LogP contribution in [0.4, 0.5) is 0 Å². The van der Waals surface area contributed by atoms with Crippen molar-refractivity contribution in [2.45, 2.75) is 38.8 Å². The fourth-order valence-electron chi connectivity index (χ4n) is 3.83. The van der Waals surface area contributed by atoms with Gasteiger partial charge in [-0.2, -0.15) is 0 Å². The lowest BCUT2D eigenvalue weighted by atomic mass is 10.0. The molecule has 0 amide bonds. The Morgan fingerprint density at radius 3 is 2.75 bits per heavy atom. The highest BCUT2D eigenvalue weighted by atomic mass is 16.5.